The summed E-state index contributed by atoms with van der Waals surface area (Å²) in [7, 11) is 0. The van der Waals surface area contributed by atoms with E-state index >= 15 is 0 Å². The lowest BCUT2D eigenvalue weighted by Crippen LogP contribution is -2.21. The van der Waals surface area contributed by atoms with Gasteiger partial charge in [-0.3, -0.25) is 4.68 Å². The molecular formula is C15H19F2N3. The van der Waals surface area contributed by atoms with E-state index < -0.39 is 11.6 Å². The van der Waals surface area contributed by atoms with Crippen molar-refractivity contribution in [2.24, 2.45) is 5.92 Å². The van der Waals surface area contributed by atoms with Crippen molar-refractivity contribution in [2.45, 2.75) is 26.9 Å². The van der Waals surface area contributed by atoms with Crippen LogP contribution < -0.4 is 5.32 Å². The van der Waals surface area contributed by atoms with Crippen LogP contribution >= 0.6 is 0 Å². The van der Waals surface area contributed by atoms with E-state index in [1.165, 1.54) is 6.07 Å². The van der Waals surface area contributed by atoms with Gasteiger partial charge in [-0.15, -0.1) is 0 Å². The van der Waals surface area contributed by atoms with Gasteiger partial charge in [0.05, 0.1) is 12.2 Å². The first-order valence-corrected chi connectivity index (χ1v) is 6.71. The third kappa shape index (κ3) is 3.87. The van der Waals surface area contributed by atoms with Crippen molar-refractivity contribution in [2.75, 3.05) is 6.54 Å². The number of rotatable bonds is 6. The van der Waals surface area contributed by atoms with Gasteiger partial charge in [0.2, 0.25) is 0 Å². The van der Waals surface area contributed by atoms with Crippen LogP contribution in [0.5, 0.6) is 0 Å². The molecule has 1 heterocycles. The quantitative estimate of drug-likeness (QED) is 0.881. The zero-order chi connectivity index (χ0) is 14.5. The summed E-state index contributed by atoms with van der Waals surface area (Å²) < 4.78 is 28.5. The van der Waals surface area contributed by atoms with E-state index in [0.29, 0.717) is 18.0 Å². The fraction of sp³-hybridized carbons (Fsp3) is 0.400. The minimum Gasteiger partial charge on any atom is -0.311 e. The summed E-state index contributed by atoms with van der Waals surface area (Å²) in [6.45, 7) is 6.06. The first-order valence-electron chi connectivity index (χ1n) is 6.71. The minimum atomic E-state index is -0.437. The number of halogens is 2. The van der Waals surface area contributed by atoms with E-state index in [-0.39, 0.29) is 6.54 Å². The first-order chi connectivity index (χ1) is 9.56. The molecule has 1 aromatic carbocycles. The number of nitrogens with zero attached hydrogens (tertiary/aromatic N) is 2. The molecule has 0 bridgehead atoms. The molecule has 5 heteroatoms. The van der Waals surface area contributed by atoms with Crippen LogP contribution in [0.4, 0.5) is 8.78 Å². The third-order valence-electron chi connectivity index (χ3n) is 2.99. The highest BCUT2D eigenvalue weighted by Gasteiger charge is 2.08. The van der Waals surface area contributed by atoms with Crippen LogP contribution in [-0.4, -0.2) is 16.3 Å². The van der Waals surface area contributed by atoms with Crippen molar-refractivity contribution in [3.8, 4) is 0 Å². The number of aromatic nitrogens is 2. The van der Waals surface area contributed by atoms with Crippen molar-refractivity contribution >= 4 is 0 Å². The summed E-state index contributed by atoms with van der Waals surface area (Å²) in [5, 5.41) is 7.48. The van der Waals surface area contributed by atoms with Crippen molar-refractivity contribution in [3.05, 3.63) is 53.4 Å². The molecule has 0 aliphatic rings. The van der Waals surface area contributed by atoms with Crippen molar-refractivity contribution in [1.29, 1.82) is 0 Å². The van der Waals surface area contributed by atoms with E-state index in [2.05, 4.69) is 24.3 Å². The lowest BCUT2D eigenvalue weighted by atomic mass is 10.2. The van der Waals surface area contributed by atoms with Crippen LogP contribution in [0.1, 0.15) is 25.1 Å². The summed E-state index contributed by atoms with van der Waals surface area (Å²) in [6.07, 6.45) is 1.67. The molecule has 2 aromatic rings. The Balaban J connectivity index is 2.06. The van der Waals surface area contributed by atoms with Crippen molar-refractivity contribution in [3.63, 3.8) is 0 Å². The number of hydrogen-bond acceptors (Lipinski definition) is 2. The minimum absolute atomic E-state index is 0.231. The lowest BCUT2D eigenvalue weighted by Gasteiger charge is -2.11. The Morgan fingerprint density at radius 2 is 2.05 bits per heavy atom. The molecule has 0 amide bonds. The number of benzene rings is 1. The monoisotopic (exact) mass is 279 g/mol. The average molecular weight is 279 g/mol. The van der Waals surface area contributed by atoms with Gasteiger partial charge in [-0.2, -0.15) is 5.10 Å². The molecule has 1 aromatic heterocycles. The SMILES string of the molecule is CC(C)CNCc1ccnn1Cc1cc(F)ccc1F. The fourth-order valence-corrected chi connectivity index (χ4v) is 1.97. The highest BCUT2D eigenvalue weighted by molar-refractivity contribution is 5.19. The van der Waals surface area contributed by atoms with Crippen LogP contribution in [0.15, 0.2) is 30.5 Å². The normalized spacial score (nSPS) is 11.2. The largest absolute Gasteiger partial charge is 0.311 e. The summed E-state index contributed by atoms with van der Waals surface area (Å²) in [6, 6.07) is 5.35. The molecule has 0 aliphatic carbocycles. The molecule has 0 atom stereocenters. The molecule has 20 heavy (non-hydrogen) atoms. The Kier molecular flexibility index (Phi) is 4.84. The Morgan fingerprint density at radius 3 is 2.80 bits per heavy atom. The van der Waals surface area contributed by atoms with Gasteiger partial charge in [0.15, 0.2) is 0 Å². The summed E-state index contributed by atoms with van der Waals surface area (Å²) in [5.74, 6) is -0.289. The molecule has 0 saturated heterocycles. The standard InChI is InChI=1S/C15H19F2N3/c1-11(2)8-18-9-14-5-6-19-20(14)10-12-7-13(16)3-4-15(12)17/h3-7,11,18H,8-10H2,1-2H3. The van der Waals surface area contributed by atoms with Crippen LogP contribution in [0.2, 0.25) is 0 Å². The molecule has 0 spiro atoms. The van der Waals surface area contributed by atoms with E-state index in [9.17, 15) is 8.78 Å². The molecule has 0 unspecified atom stereocenters. The van der Waals surface area contributed by atoms with Crippen LogP contribution in [0.3, 0.4) is 0 Å². The van der Waals surface area contributed by atoms with Gasteiger partial charge < -0.3 is 5.32 Å². The molecular weight excluding hydrogens is 260 g/mol. The smallest absolute Gasteiger partial charge is 0.128 e. The van der Waals surface area contributed by atoms with Crippen molar-refractivity contribution < 1.29 is 8.78 Å². The molecule has 3 nitrogen and oxygen atoms in total. The Bertz CT molecular complexity index is 564. The zero-order valence-corrected chi connectivity index (χ0v) is 11.7. The van der Waals surface area contributed by atoms with E-state index in [1.54, 1.807) is 10.9 Å². The zero-order valence-electron chi connectivity index (χ0n) is 11.7. The first kappa shape index (κ1) is 14.7. The summed E-state index contributed by atoms with van der Waals surface area (Å²) >= 11 is 0. The van der Waals surface area contributed by atoms with E-state index in [1.807, 2.05) is 6.07 Å². The predicted octanol–water partition coefficient (Wildman–Crippen LogP) is 2.96. The van der Waals surface area contributed by atoms with E-state index in [0.717, 1.165) is 24.4 Å². The highest BCUT2D eigenvalue weighted by Crippen LogP contribution is 2.12. The number of hydrogen-bond donors (Lipinski definition) is 1. The number of nitrogens with one attached hydrogen (secondary N) is 1. The second-order valence-electron chi connectivity index (χ2n) is 5.24. The van der Waals surface area contributed by atoms with Gasteiger partial charge in [-0.25, -0.2) is 8.78 Å². The predicted molar refractivity (Wildman–Crippen MR) is 74.2 cm³/mol. The molecule has 108 valence electrons. The van der Waals surface area contributed by atoms with Crippen LogP contribution in [0.25, 0.3) is 0 Å². The maximum absolute atomic E-state index is 13.6. The van der Waals surface area contributed by atoms with Crippen LogP contribution in [-0.2, 0) is 13.1 Å². The van der Waals surface area contributed by atoms with Gasteiger partial charge >= 0.3 is 0 Å². The highest BCUT2D eigenvalue weighted by atomic mass is 19.1. The Morgan fingerprint density at radius 1 is 1.25 bits per heavy atom. The molecule has 0 fully saturated rings. The molecule has 1 N–H and O–H groups in total. The third-order valence-corrected chi connectivity index (χ3v) is 2.99. The Labute approximate surface area is 117 Å². The van der Waals surface area contributed by atoms with Gasteiger partial charge in [-0.05, 0) is 36.7 Å². The lowest BCUT2D eigenvalue weighted by molar-refractivity contribution is 0.521. The molecule has 0 aliphatic heterocycles. The summed E-state index contributed by atoms with van der Waals surface area (Å²) in [5.41, 5.74) is 1.26. The molecule has 2 rings (SSSR count). The van der Waals surface area contributed by atoms with Crippen LogP contribution in [0, 0.1) is 17.6 Å². The maximum Gasteiger partial charge on any atom is 0.128 e. The topological polar surface area (TPSA) is 29.9 Å². The molecule has 0 saturated carbocycles. The maximum atomic E-state index is 13.6. The second kappa shape index (κ2) is 6.61. The molecule has 0 radical (unpaired) electrons. The van der Waals surface area contributed by atoms with Gasteiger partial charge in [0.25, 0.3) is 0 Å². The fourth-order valence-electron chi connectivity index (χ4n) is 1.97. The summed E-state index contributed by atoms with van der Waals surface area (Å²) in [4.78, 5) is 0. The average Bonchev–Trinajstić information content (AvgIpc) is 2.81. The van der Waals surface area contributed by atoms with Crippen molar-refractivity contribution in [1.82, 2.24) is 15.1 Å². The van der Waals surface area contributed by atoms with Gasteiger partial charge in [0.1, 0.15) is 11.6 Å². The van der Waals surface area contributed by atoms with Gasteiger partial charge in [-0.1, -0.05) is 13.8 Å². The second-order valence-corrected chi connectivity index (χ2v) is 5.24. The Hall–Kier alpha value is -1.75. The van der Waals surface area contributed by atoms with E-state index in [4.69, 9.17) is 0 Å². The van der Waals surface area contributed by atoms with Gasteiger partial charge in [0, 0.05) is 18.3 Å².